The van der Waals surface area contributed by atoms with Gasteiger partial charge in [0.2, 0.25) is 11.5 Å². The Bertz CT molecular complexity index is 1880. The number of carbonyl (C=O) groups is 1. The first-order valence-electron chi connectivity index (χ1n) is 17.2. The van der Waals surface area contributed by atoms with E-state index in [-0.39, 0.29) is 119 Å². The molecule has 0 aliphatic heterocycles. The number of rotatable bonds is 16. The topological polar surface area (TPSA) is 81.7 Å². The molecule has 0 radical (unpaired) electrons. The van der Waals surface area contributed by atoms with Gasteiger partial charge in [-0.15, -0.1) is 0 Å². The molecule has 8 nitrogen and oxygen atoms in total. The first-order chi connectivity index (χ1) is 25.4. The van der Waals surface area contributed by atoms with Crippen LogP contribution < -0.4 is 28.4 Å². The van der Waals surface area contributed by atoms with Crippen LogP contribution in [-0.4, -0.2) is 65.1 Å². The third-order valence-electron chi connectivity index (χ3n) is 8.09. The lowest BCUT2D eigenvalue weighted by molar-refractivity contribution is 0.0600. The molecule has 2 unspecified atom stereocenters. The normalized spacial score (nSPS) is 15.4. The smallest absolute Gasteiger partial charge is 0.339 e. The van der Waals surface area contributed by atoms with Crippen molar-refractivity contribution in [3.05, 3.63) is 64.3 Å². The molecule has 288 valence electrons. The van der Waals surface area contributed by atoms with Crippen LogP contribution in [0, 0.1) is 24.4 Å². The Labute approximate surface area is 304 Å². The second-order valence-electron chi connectivity index (χ2n) is 11.3. The summed E-state index contributed by atoms with van der Waals surface area (Å²) in [7, 11) is 1.07. The quantitative estimate of drug-likeness (QED) is 0.0813. The summed E-state index contributed by atoms with van der Waals surface area (Å²) in [5, 5.41) is 0. The van der Waals surface area contributed by atoms with Crippen LogP contribution in [0.15, 0.2) is 30.1 Å². The zero-order chi connectivity index (χ0) is 39.1. The standard InChI is InChI=1S/C39H42F6O8/c1-9-48-33-26(20-15-22(40)31(44)23(41)16-20)19(7)27(34(49-10-2)37(33)52-13-5)29-30(39(46)47-8)28(21-17-24(42)32(45)25(43)18-21)35(50-11-3)38(53-14-6)36(29)51-12-4/h15-18,24,32H,9-14H2,1-8H3. The Kier molecular flexibility index (Phi) is 13.6. The Balaban J connectivity index is 2.46. The average Bonchev–Trinajstić information content (AvgIpc) is 3.12. The molecule has 1 aliphatic carbocycles. The van der Waals surface area contributed by atoms with Crippen LogP contribution in [0.2, 0.25) is 0 Å². The minimum atomic E-state index is -2.60. The van der Waals surface area contributed by atoms with Crippen LogP contribution in [0.5, 0.6) is 34.5 Å². The SMILES string of the molecule is CCOc1c(OCC)c(-c2cc(F)c(F)c(F)c2)c(C)c(-c2c(OCC)c(OCC)c(OCC)c(C3=CC(F)C(F)C(F)=C3)c2C(=O)OC)c1OCC. The number of esters is 1. The van der Waals surface area contributed by atoms with Crippen LogP contribution in [0.3, 0.4) is 0 Å². The molecular formula is C39H42F6O8. The van der Waals surface area contributed by atoms with Crippen molar-refractivity contribution in [3.8, 4) is 56.8 Å². The highest BCUT2D eigenvalue weighted by Crippen LogP contribution is 2.60. The molecule has 0 spiro atoms. The summed E-state index contributed by atoms with van der Waals surface area (Å²) >= 11 is 0. The summed E-state index contributed by atoms with van der Waals surface area (Å²) < 4.78 is 131. The van der Waals surface area contributed by atoms with Crippen LogP contribution in [0.4, 0.5) is 26.3 Å². The van der Waals surface area contributed by atoms with Gasteiger partial charge in [-0.3, -0.25) is 0 Å². The van der Waals surface area contributed by atoms with E-state index in [1.54, 1.807) is 41.5 Å². The summed E-state index contributed by atoms with van der Waals surface area (Å²) in [6, 6.07) is 1.55. The van der Waals surface area contributed by atoms with Crippen molar-refractivity contribution < 1.29 is 64.3 Å². The number of carbonyl (C=O) groups excluding carboxylic acids is 1. The molecule has 53 heavy (non-hydrogen) atoms. The predicted molar refractivity (Wildman–Crippen MR) is 187 cm³/mol. The molecule has 0 saturated heterocycles. The Morgan fingerprint density at radius 3 is 1.47 bits per heavy atom. The first-order valence-corrected chi connectivity index (χ1v) is 17.2. The molecule has 3 aromatic rings. The number of alkyl halides is 2. The van der Waals surface area contributed by atoms with Gasteiger partial charge in [0.05, 0.1) is 52.3 Å². The molecule has 0 N–H and O–H groups in total. The van der Waals surface area contributed by atoms with Crippen LogP contribution in [0.1, 0.15) is 63.0 Å². The molecule has 0 saturated carbocycles. The van der Waals surface area contributed by atoms with Crippen molar-refractivity contribution in [1.82, 2.24) is 0 Å². The molecule has 0 heterocycles. The molecule has 4 rings (SSSR count). The largest absolute Gasteiger partial charge is 0.489 e. The van der Waals surface area contributed by atoms with Gasteiger partial charge in [0, 0.05) is 22.3 Å². The van der Waals surface area contributed by atoms with Crippen LogP contribution >= 0.6 is 0 Å². The third kappa shape index (κ3) is 7.72. The Morgan fingerprint density at radius 1 is 0.623 bits per heavy atom. The molecule has 14 heteroatoms. The van der Waals surface area contributed by atoms with Crippen molar-refractivity contribution in [2.75, 3.05) is 46.8 Å². The van der Waals surface area contributed by atoms with E-state index < -0.39 is 41.6 Å². The van der Waals surface area contributed by atoms with E-state index in [2.05, 4.69) is 0 Å². The maximum Gasteiger partial charge on any atom is 0.339 e. The molecule has 2 atom stereocenters. The van der Waals surface area contributed by atoms with E-state index in [4.69, 9.17) is 33.2 Å². The van der Waals surface area contributed by atoms with Crippen LogP contribution in [-0.2, 0) is 4.74 Å². The van der Waals surface area contributed by atoms with Gasteiger partial charge in [-0.2, -0.15) is 0 Å². The van der Waals surface area contributed by atoms with Crippen LogP contribution in [0.25, 0.3) is 27.8 Å². The zero-order valence-corrected chi connectivity index (χ0v) is 30.7. The second-order valence-corrected chi connectivity index (χ2v) is 11.3. The minimum Gasteiger partial charge on any atom is -0.489 e. The number of benzene rings is 3. The van der Waals surface area contributed by atoms with Gasteiger partial charge in [-0.05, 0) is 89.5 Å². The number of methoxy groups -OCH3 is 1. The molecule has 0 amide bonds. The molecule has 0 fully saturated rings. The maximum atomic E-state index is 15.1. The fourth-order valence-corrected chi connectivity index (χ4v) is 6.17. The van der Waals surface area contributed by atoms with E-state index in [9.17, 15) is 22.4 Å². The number of allylic oxidation sites excluding steroid dienone is 4. The average molecular weight is 753 g/mol. The summed E-state index contributed by atoms with van der Waals surface area (Å²) in [5.74, 6) is -7.68. The summed E-state index contributed by atoms with van der Waals surface area (Å²) in [4.78, 5) is 14.2. The van der Waals surface area contributed by atoms with Crippen molar-refractivity contribution >= 4 is 11.5 Å². The van der Waals surface area contributed by atoms with E-state index in [0.717, 1.165) is 31.4 Å². The van der Waals surface area contributed by atoms with Gasteiger partial charge in [0.1, 0.15) is 5.83 Å². The van der Waals surface area contributed by atoms with Crippen molar-refractivity contribution in [1.29, 1.82) is 0 Å². The lowest BCUT2D eigenvalue weighted by atomic mass is 9.83. The third-order valence-corrected chi connectivity index (χ3v) is 8.09. The van der Waals surface area contributed by atoms with Gasteiger partial charge in [-0.1, -0.05) is 0 Å². The van der Waals surface area contributed by atoms with Gasteiger partial charge >= 0.3 is 5.97 Å². The van der Waals surface area contributed by atoms with E-state index in [1.807, 2.05) is 0 Å². The highest BCUT2D eigenvalue weighted by molar-refractivity contribution is 6.10. The fourth-order valence-electron chi connectivity index (χ4n) is 6.17. The van der Waals surface area contributed by atoms with Crippen molar-refractivity contribution in [2.45, 2.75) is 60.8 Å². The molecule has 1 aliphatic rings. The molecular weight excluding hydrogens is 710 g/mol. The fraction of sp³-hybridized carbons (Fsp3) is 0.410. The van der Waals surface area contributed by atoms with Gasteiger partial charge in [-0.25, -0.2) is 31.1 Å². The van der Waals surface area contributed by atoms with E-state index in [1.165, 1.54) is 6.92 Å². The number of hydrogen-bond donors (Lipinski definition) is 0. The maximum absolute atomic E-state index is 15.1. The highest BCUT2D eigenvalue weighted by atomic mass is 19.2. The monoisotopic (exact) mass is 752 g/mol. The van der Waals surface area contributed by atoms with E-state index in [0.29, 0.717) is 0 Å². The number of ether oxygens (including phenoxy) is 7. The second kappa shape index (κ2) is 17.7. The molecule has 0 bridgehead atoms. The number of halogens is 6. The van der Waals surface area contributed by atoms with E-state index >= 15 is 8.78 Å². The molecule has 0 aromatic heterocycles. The summed E-state index contributed by atoms with van der Waals surface area (Å²) in [6.45, 7) is 11.5. The first kappa shape index (κ1) is 40.8. The number of hydrogen-bond acceptors (Lipinski definition) is 8. The Hall–Kier alpha value is -5.01. The Morgan fingerprint density at radius 2 is 1.04 bits per heavy atom. The van der Waals surface area contributed by atoms with Crippen molar-refractivity contribution in [2.24, 2.45) is 0 Å². The lowest BCUT2D eigenvalue weighted by Gasteiger charge is -2.29. The summed E-state index contributed by atoms with van der Waals surface area (Å²) in [5.41, 5.74) is -0.995. The summed E-state index contributed by atoms with van der Waals surface area (Å²) in [6.07, 6.45) is -3.52. The highest BCUT2D eigenvalue weighted by Gasteiger charge is 2.40. The lowest BCUT2D eigenvalue weighted by Crippen LogP contribution is -2.21. The molecule has 3 aromatic carbocycles. The van der Waals surface area contributed by atoms with Crippen molar-refractivity contribution in [3.63, 3.8) is 0 Å². The van der Waals surface area contributed by atoms with Gasteiger partial charge in [0.25, 0.3) is 0 Å². The van der Waals surface area contributed by atoms with Gasteiger partial charge < -0.3 is 33.2 Å². The predicted octanol–water partition coefficient (Wildman–Crippen LogP) is 9.85. The van der Waals surface area contributed by atoms with Gasteiger partial charge in [0.15, 0.2) is 52.8 Å². The zero-order valence-electron chi connectivity index (χ0n) is 30.7. The minimum absolute atomic E-state index is 0.00228.